The molecule has 86 valence electrons. The number of ether oxygens (including phenoxy) is 2. The van der Waals surface area contributed by atoms with E-state index < -0.39 is 17.5 Å². The summed E-state index contributed by atoms with van der Waals surface area (Å²) in [4.78, 5) is 22.7. The molecule has 0 aliphatic rings. The largest absolute Gasteiger partial charge is 0.463 e. The van der Waals surface area contributed by atoms with Crippen molar-refractivity contribution in [1.29, 1.82) is 0 Å². The van der Waals surface area contributed by atoms with Gasteiger partial charge in [0.1, 0.15) is 0 Å². The highest BCUT2D eigenvalue weighted by Gasteiger charge is 2.44. The first kappa shape index (κ1) is 13.6. The average Bonchev–Trinajstić information content (AvgIpc) is 2.18. The van der Waals surface area contributed by atoms with Crippen LogP contribution in [0.5, 0.6) is 0 Å². The molecule has 0 saturated heterocycles. The molecule has 0 aliphatic carbocycles. The number of rotatable bonds is 5. The molecule has 0 atom stereocenters. The van der Waals surface area contributed by atoms with Crippen LogP contribution in [0.4, 0.5) is 0 Å². The van der Waals surface area contributed by atoms with Crippen molar-refractivity contribution in [3.05, 3.63) is 12.2 Å². The Morgan fingerprint density at radius 1 is 1.20 bits per heavy atom. The Bertz CT molecular complexity index is 239. The molecular weight excluding hydrogens is 200 g/mol. The van der Waals surface area contributed by atoms with Crippen molar-refractivity contribution in [1.82, 2.24) is 0 Å². The van der Waals surface area contributed by atoms with Crippen molar-refractivity contribution in [2.24, 2.45) is 0 Å². The van der Waals surface area contributed by atoms with Crippen molar-refractivity contribution in [2.45, 2.75) is 26.4 Å². The molecule has 0 spiro atoms. The van der Waals surface area contributed by atoms with E-state index in [-0.39, 0.29) is 13.2 Å². The predicted octanol–water partition coefficient (Wildman–Crippen LogP) is 0.420. The summed E-state index contributed by atoms with van der Waals surface area (Å²) in [6.07, 6.45) is 2.43. The normalized spacial score (nSPS) is 11.5. The van der Waals surface area contributed by atoms with Crippen molar-refractivity contribution in [3.63, 3.8) is 0 Å². The second-order valence-corrected chi connectivity index (χ2v) is 2.71. The highest BCUT2D eigenvalue weighted by Crippen LogP contribution is 2.12. The van der Waals surface area contributed by atoms with E-state index in [1.54, 1.807) is 20.8 Å². The van der Waals surface area contributed by atoms with E-state index in [2.05, 4.69) is 9.47 Å². The summed E-state index contributed by atoms with van der Waals surface area (Å²) in [6, 6.07) is 0. The molecule has 0 unspecified atom stereocenters. The highest BCUT2D eigenvalue weighted by molar-refractivity contribution is 6.05. The lowest BCUT2D eigenvalue weighted by molar-refractivity contribution is -0.177. The molecule has 15 heavy (non-hydrogen) atoms. The van der Waals surface area contributed by atoms with Crippen LogP contribution in [-0.4, -0.2) is 35.9 Å². The predicted molar refractivity (Wildman–Crippen MR) is 53.0 cm³/mol. The summed E-state index contributed by atoms with van der Waals surface area (Å²) in [5.41, 5.74) is -2.33. The Morgan fingerprint density at radius 2 is 1.60 bits per heavy atom. The van der Waals surface area contributed by atoms with Crippen LogP contribution in [0.2, 0.25) is 0 Å². The van der Waals surface area contributed by atoms with Crippen LogP contribution in [0.1, 0.15) is 20.8 Å². The molecule has 5 nitrogen and oxygen atoms in total. The first-order valence-electron chi connectivity index (χ1n) is 4.73. The Balaban J connectivity index is 4.87. The third-order valence-electron chi connectivity index (χ3n) is 1.58. The van der Waals surface area contributed by atoms with Crippen molar-refractivity contribution in [2.75, 3.05) is 13.2 Å². The van der Waals surface area contributed by atoms with Gasteiger partial charge in [0, 0.05) is 0 Å². The van der Waals surface area contributed by atoms with Crippen LogP contribution in [0.15, 0.2) is 12.2 Å². The van der Waals surface area contributed by atoms with E-state index >= 15 is 0 Å². The summed E-state index contributed by atoms with van der Waals surface area (Å²) >= 11 is 0. The van der Waals surface area contributed by atoms with Crippen molar-refractivity contribution in [3.8, 4) is 0 Å². The molecule has 0 amide bonds. The molecule has 0 fully saturated rings. The molecule has 0 aliphatic heterocycles. The number of hydrogen-bond donors (Lipinski definition) is 1. The van der Waals surface area contributed by atoms with Gasteiger partial charge in [-0.15, -0.1) is 0 Å². The van der Waals surface area contributed by atoms with Crippen molar-refractivity contribution >= 4 is 11.9 Å². The van der Waals surface area contributed by atoms with Crippen LogP contribution in [0.25, 0.3) is 0 Å². The molecular formula is C10H16O5. The van der Waals surface area contributed by atoms with Crippen LogP contribution < -0.4 is 0 Å². The lowest BCUT2D eigenvalue weighted by Gasteiger charge is -2.19. The number of carbonyl (C=O) groups excluding carboxylic acids is 2. The fourth-order valence-corrected chi connectivity index (χ4v) is 0.943. The fourth-order valence-electron chi connectivity index (χ4n) is 0.943. The maximum atomic E-state index is 11.3. The van der Waals surface area contributed by atoms with Gasteiger partial charge in [0.15, 0.2) is 0 Å². The molecule has 0 heterocycles. The summed E-state index contributed by atoms with van der Waals surface area (Å²) in [6.45, 7) is 4.90. The smallest absolute Gasteiger partial charge is 0.354 e. The number of esters is 2. The molecule has 0 radical (unpaired) electrons. The molecule has 5 heteroatoms. The van der Waals surface area contributed by atoms with Crippen LogP contribution in [-0.2, 0) is 19.1 Å². The van der Waals surface area contributed by atoms with Gasteiger partial charge >= 0.3 is 11.9 Å². The van der Waals surface area contributed by atoms with Gasteiger partial charge in [-0.3, -0.25) is 0 Å². The summed E-state index contributed by atoms with van der Waals surface area (Å²) in [5, 5.41) is 9.77. The Hall–Kier alpha value is -1.36. The summed E-state index contributed by atoms with van der Waals surface area (Å²) in [5.74, 6) is -2.05. The topological polar surface area (TPSA) is 72.8 Å². The van der Waals surface area contributed by atoms with E-state index in [1.165, 1.54) is 6.08 Å². The summed E-state index contributed by atoms with van der Waals surface area (Å²) < 4.78 is 9.17. The van der Waals surface area contributed by atoms with E-state index in [1.807, 2.05) is 0 Å². The number of hydrogen-bond acceptors (Lipinski definition) is 5. The van der Waals surface area contributed by atoms with Gasteiger partial charge in [-0.05, 0) is 26.8 Å². The van der Waals surface area contributed by atoms with E-state index in [0.29, 0.717) is 0 Å². The van der Waals surface area contributed by atoms with Crippen molar-refractivity contribution < 1.29 is 24.2 Å². The molecule has 0 aromatic carbocycles. The Morgan fingerprint density at radius 3 is 1.87 bits per heavy atom. The molecule has 0 aromatic heterocycles. The molecule has 0 saturated carbocycles. The second kappa shape index (κ2) is 6.19. The zero-order valence-corrected chi connectivity index (χ0v) is 9.15. The molecule has 0 rings (SSSR count). The maximum Gasteiger partial charge on any atom is 0.354 e. The van der Waals surface area contributed by atoms with Crippen LogP contribution in [0, 0.1) is 0 Å². The first-order chi connectivity index (χ1) is 7.02. The van der Waals surface area contributed by atoms with Gasteiger partial charge in [0.05, 0.1) is 13.2 Å². The lowest BCUT2D eigenvalue weighted by atomic mass is 10.0. The van der Waals surface area contributed by atoms with Crippen LogP contribution in [0.3, 0.4) is 0 Å². The molecule has 1 N–H and O–H groups in total. The number of allylic oxidation sites excluding steroid dienone is 1. The fraction of sp³-hybridized carbons (Fsp3) is 0.600. The van der Waals surface area contributed by atoms with E-state index in [9.17, 15) is 14.7 Å². The van der Waals surface area contributed by atoms with Gasteiger partial charge in [-0.1, -0.05) is 6.08 Å². The van der Waals surface area contributed by atoms with Gasteiger partial charge in [0.25, 0.3) is 5.60 Å². The Labute approximate surface area is 88.7 Å². The Kier molecular flexibility index (Phi) is 5.62. The van der Waals surface area contributed by atoms with Gasteiger partial charge in [-0.2, -0.15) is 0 Å². The third kappa shape index (κ3) is 3.36. The maximum absolute atomic E-state index is 11.3. The first-order valence-corrected chi connectivity index (χ1v) is 4.73. The minimum absolute atomic E-state index is 0.0815. The summed E-state index contributed by atoms with van der Waals surface area (Å²) in [7, 11) is 0. The lowest BCUT2D eigenvalue weighted by Crippen LogP contribution is -2.47. The standard InChI is InChI=1S/C10H16O5/c1-4-7-10(13,8(11)14-5-2)9(12)15-6-3/h4,7,13H,5-6H2,1-3H3/b7-4+. The van der Waals surface area contributed by atoms with Gasteiger partial charge in [-0.25, -0.2) is 9.59 Å². The minimum atomic E-state index is -2.33. The number of carbonyl (C=O) groups is 2. The van der Waals surface area contributed by atoms with Gasteiger partial charge < -0.3 is 14.6 Å². The quantitative estimate of drug-likeness (QED) is 0.409. The molecule has 0 aromatic rings. The minimum Gasteiger partial charge on any atom is -0.463 e. The SMILES string of the molecule is C/C=C/C(O)(C(=O)OCC)C(=O)OCC. The zero-order valence-electron chi connectivity index (χ0n) is 9.15. The molecule has 0 bridgehead atoms. The van der Waals surface area contributed by atoms with E-state index in [4.69, 9.17) is 0 Å². The number of aliphatic hydroxyl groups is 1. The second-order valence-electron chi connectivity index (χ2n) is 2.71. The third-order valence-corrected chi connectivity index (χ3v) is 1.58. The average molecular weight is 216 g/mol. The highest BCUT2D eigenvalue weighted by atomic mass is 16.6. The van der Waals surface area contributed by atoms with Crippen LogP contribution >= 0.6 is 0 Å². The zero-order chi connectivity index (χ0) is 11.9. The monoisotopic (exact) mass is 216 g/mol. The van der Waals surface area contributed by atoms with E-state index in [0.717, 1.165) is 6.08 Å². The van der Waals surface area contributed by atoms with Gasteiger partial charge in [0.2, 0.25) is 0 Å².